The summed E-state index contributed by atoms with van der Waals surface area (Å²) in [5.74, 6) is 1.10. The average molecular weight is 401 g/mol. The molecule has 1 fully saturated rings. The van der Waals surface area contributed by atoms with Crippen molar-refractivity contribution in [1.29, 1.82) is 0 Å². The molecule has 0 unspecified atom stereocenters. The minimum Gasteiger partial charge on any atom is -0.488 e. The fourth-order valence-corrected chi connectivity index (χ4v) is 3.42. The van der Waals surface area contributed by atoms with Gasteiger partial charge in [0.15, 0.2) is 10.4 Å². The molecule has 1 saturated heterocycles. The van der Waals surface area contributed by atoms with E-state index in [4.69, 9.17) is 9.15 Å². The van der Waals surface area contributed by atoms with Crippen LogP contribution in [-0.4, -0.2) is 35.0 Å². The number of benzene rings is 1. The Kier molecular flexibility index (Phi) is 4.44. The van der Waals surface area contributed by atoms with Crippen molar-refractivity contribution in [2.45, 2.75) is 18.9 Å². The highest BCUT2D eigenvalue weighted by atomic mass is 79.9. The van der Waals surface area contributed by atoms with Gasteiger partial charge in [0.05, 0.1) is 0 Å². The molecule has 0 aliphatic carbocycles. The number of piperidine rings is 1. The molecule has 3 aromatic rings. The van der Waals surface area contributed by atoms with Crippen molar-refractivity contribution in [3.05, 3.63) is 59.1 Å². The molecule has 0 atom stereocenters. The molecule has 3 heterocycles. The SMILES string of the molecule is O=C(c1ccc(Br)o1)N1CCC(Oc2cccc3cccnc23)CC1. The molecule has 1 aliphatic rings. The second kappa shape index (κ2) is 6.88. The minimum absolute atomic E-state index is 0.0732. The summed E-state index contributed by atoms with van der Waals surface area (Å²) < 4.78 is 12.1. The van der Waals surface area contributed by atoms with Crippen LogP contribution in [0, 0.1) is 0 Å². The molecule has 0 N–H and O–H groups in total. The second-order valence-corrected chi connectivity index (χ2v) is 6.83. The van der Waals surface area contributed by atoms with Gasteiger partial charge in [0.2, 0.25) is 0 Å². The standard InChI is InChI=1S/C19H17BrN2O3/c20-17-7-6-16(25-17)19(23)22-11-8-14(9-12-22)24-15-5-1-3-13-4-2-10-21-18(13)15/h1-7,10,14H,8-9,11-12H2. The van der Waals surface area contributed by atoms with E-state index in [2.05, 4.69) is 20.9 Å². The van der Waals surface area contributed by atoms with Crippen LogP contribution in [0.5, 0.6) is 5.75 Å². The second-order valence-electron chi connectivity index (χ2n) is 6.04. The Balaban J connectivity index is 1.41. The summed E-state index contributed by atoms with van der Waals surface area (Å²) in [6.07, 6.45) is 3.44. The zero-order valence-corrected chi connectivity index (χ0v) is 15.1. The van der Waals surface area contributed by atoms with Crippen molar-refractivity contribution < 1.29 is 13.9 Å². The van der Waals surface area contributed by atoms with Gasteiger partial charge in [-0.05, 0) is 40.2 Å². The van der Waals surface area contributed by atoms with Crippen molar-refractivity contribution in [3.63, 3.8) is 0 Å². The lowest BCUT2D eigenvalue weighted by Gasteiger charge is -2.31. The Morgan fingerprint density at radius 1 is 1.16 bits per heavy atom. The summed E-state index contributed by atoms with van der Waals surface area (Å²) in [5, 5.41) is 1.07. The van der Waals surface area contributed by atoms with E-state index in [-0.39, 0.29) is 12.0 Å². The van der Waals surface area contributed by atoms with Crippen molar-refractivity contribution in [1.82, 2.24) is 9.88 Å². The molecular formula is C19H17BrN2O3. The summed E-state index contributed by atoms with van der Waals surface area (Å²) in [6.45, 7) is 1.31. The first-order valence-corrected chi connectivity index (χ1v) is 9.05. The highest BCUT2D eigenvalue weighted by Crippen LogP contribution is 2.27. The van der Waals surface area contributed by atoms with E-state index >= 15 is 0 Å². The predicted octanol–water partition coefficient (Wildman–Crippen LogP) is 4.27. The molecule has 0 saturated carbocycles. The Morgan fingerprint density at radius 2 is 1.96 bits per heavy atom. The number of carbonyl (C=O) groups excluding carboxylic acids is 1. The first-order valence-electron chi connectivity index (χ1n) is 8.26. The smallest absolute Gasteiger partial charge is 0.289 e. The van der Waals surface area contributed by atoms with Crippen LogP contribution in [0.3, 0.4) is 0 Å². The van der Waals surface area contributed by atoms with Gasteiger partial charge in [0.25, 0.3) is 5.91 Å². The first-order chi connectivity index (χ1) is 12.2. The molecule has 0 spiro atoms. The number of carbonyl (C=O) groups is 1. The van der Waals surface area contributed by atoms with Crippen molar-refractivity contribution >= 4 is 32.7 Å². The third kappa shape index (κ3) is 3.39. The normalized spacial score (nSPS) is 15.5. The van der Waals surface area contributed by atoms with E-state index in [0.29, 0.717) is 23.5 Å². The summed E-state index contributed by atoms with van der Waals surface area (Å²) in [6, 6.07) is 13.3. The summed E-state index contributed by atoms with van der Waals surface area (Å²) in [5.41, 5.74) is 0.879. The van der Waals surface area contributed by atoms with E-state index in [1.165, 1.54) is 0 Å². The fraction of sp³-hybridized carbons (Fsp3) is 0.263. The number of fused-ring (bicyclic) bond motifs is 1. The van der Waals surface area contributed by atoms with E-state index in [9.17, 15) is 4.79 Å². The number of para-hydroxylation sites is 1. The number of amides is 1. The highest BCUT2D eigenvalue weighted by molar-refractivity contribution is 9.10. The minimum atomic E-state index is -0.0732. The van der Waals surface area contributed by atoms with Crippen LogP contribution in [-0.2, 0) is 0 Å². The van der Waals surface area contributed by atoms with Crippen molar-refractivity contribution in [2.75, 3.05) is 13.1 Å². The highest BCUT2D eigenvalue weighted by Gasteiger charge is 2.26. The average Bonchev–Trinajstić information content (AvgIpc) is 3.08. The van der Waals surface area contributed by atoms with Crippen LogP contribution >= 0.6 is 15.9 Å². The van der Waals surface area contributed by atoms with Gasteiger partial charge in [0, 0.05) is 37.5 Å². The zero-order valence-electron chi connectivity index (χ0n) is 13.5. The number of furan rings is 1. The number of nitrogens with zero attached hydrogens (tertiary/aromatic N) is 2. The molecule has 2 aromatic heterocycles. The lowest BCUT2D eigenvalue weighted by Crippen LogP contribution is -2.41. The van der Waals surface area contributed by atoms with Gasteiger partial charge in [-0.25, -0.2) is 0 Å². The lowest BCUT2D eigenvalue weighted by atomic mass is 10.1. The van der Waals surface area contributed by atoms with Crippen LogP contribution < -0.4 is 4.74 Å². The maximum absolute atomic E-state index is 12.4. The van der Waals surface area contributed by atoms with Crippen molar-refractivity contribution in [3.8, 4) is 5.75 Å². The van der Waals surface area contributed by atoms with E-state index in [0.717, 1.165) is 29.5 Å². The van der Waals surface area contributed by atoms with Crippen LogP contribution in [0.2, 0.25) is 0 Å². The maximum Gasteiger partial charge on any atom is 0.289 e. The van der Waals surface area contributed by atoms with Gasteiger partial charge in [-0.15, -0.1) is 0 Å². The topological polar surface area (TPSA) is 55.6 Å². The van der Waals surface area contributed by atoms with Gasteiger partial charge in [0.1, 0.15) is 17.4 Å². The molecule has 5 nitrogen and oxygen atoms in total. The Labute approximate surface area is 153 Å². The lowest BCUT2D eigenvalue weighted by molar-refractivity contribution is 0.0567. The monoisotopic (exact) mass is 400 g/mol. The largest absolute Gasteiger partial charge is 0.488 e. The van der Waals surface area contributed by atoms with Gasteiger partial charge in [-0.2, -0.15) is 0 Å². The van der Waals surface area contributed by atoms with E-state index in [1.807, 2.05) is 35.2 Å². The molecule has 1 aliphatic heterocycles. The van der Waals surface area contributed by atoms with Crippen molar-refractivity contribution in [2.24, 2.45) is 0 Å². The number of ether oxygens (including phenoxy) is 1. The number of pyridine rings is 1. The Morgan fingerprint density at radius 3 is 2.72 bits per heavy atom. The van der Waals surface area contributed by atoms with Crippen LogP contribution in [0.1, 0.15) is 23.4 Å². The first kappa shape index (κ1) is 16.1. The number of halogens is 1. The number of aromatic nitrogens is 1. The third-order valence-electron chi connectivity index (χ3n) is 4.40. The molecule has 1 aromatic carbocycles. The molecule has 0 bridgehead atoms. The molecule has 128 valence electrons. The van der Waals surface area contributed by atoms with Gasteiger partial charge < -0.3 is 14.1 Å². The molecule has 6 heteroatoms. The Hall–Kier alpha value is -2.34. The maximum atomic E-state index is 12.4. The number of hydrogen-bond acceptors (Lipinski definition) is 4. The summed E-state index contributed by atoms with van der Waals surface area (Å²) >= 11 is 3.23. The zero-order chi connectivity index (χ0) is 17.2. The number of hydrogen-bond donors (Lipinski definition) is 0. The number of rotatable bonds is 3. The van der Waals surface area contributed by atoms with Crippen LogP contribution in [0.25, 0.3) is 10.9 Å². The molecule has 1 amide bonds. The Bertz CT molecular complexity index is 895. The number of likely N-dealkylation sites (tertiary alicyclic amines) is 1. The van der Waals surface area contributed by atoms with Gasteiger partial charge >= 0.3 is 0 Å². The van der Waals surface area contributed by atoms with E-state index in [1.54, 1.807) is 18.3 Å². The quantitative estimate of drug-likeness (QED) is 0.658. The third-order valence-corrected chi connectivity index (χ3v) is 4.83. The summed E-state index contributed by atoms with van der Waals surface area (Å²) in [4.78, 5) is 18.7. The van der Waals surface area contributed by atoms with Gasteiger partial charge in [-0.1, -0.05) is 18.2 Å². The molecular weight excluding hydrogens is 384 g/mol. The van der Waals surface area contributed by atoms with Crippen LogP contribution in [0.4, 0.5) is 0 Å². The van der Waals surface area contributed by atoms with Crippen LogP contribution in [0.15, 0.2) is 57.7 Å². The molecule has 25 heavy (non-hydrogen) atoms. The van der Waals surface area contributed by atoms with E-state index < -0.39 is 0 Å². The summed E-state index contributed by atoms with van der Waals surface area (Å²) in [7, 11) is 0. The molecule has 0 radical (unpaired) electrons. The molecule has 4 rings (SSSR count). The fourth-order valence-electron chi connectivity index (χ4n) is 3.11. The predicted molar refractivity (Wildman–Crippen MR) is 97.7 cm³/mol. The van der Waals surface area contributed by atoms with Gasteiger partial charge in [-0.3, -0.25) is 9.78 Å².